The summed E-state index contributed by atoms with van der Waals surface area (Å²) in [6, 6.07) is 5.19. The van der Waals surface area contributed by atoms with E-state index in [1.807, 2.05) is 6.07 Å². The third kappa shape index (κ3) is 6.22. The van der Waals surface area contributed by atoms with Crippen LogP contribution in [0.1, 0.15) is 27.2 Å². The predicted molar refractivity (Wildman–Crippen MR) is 77.3 cm³/mol. The standard InChI is InChI=1S/C14H23ClN2O/c1-14(2,3)10-12(15)11-16-7-9-17-8-5-4-6-13(17)18/h4-6,8,12,16H,7,9-11H2,1-3H3. The van der Waals surface area contributed by atoms with Gasteiger partial charge in [-0.2, -0.15) is 0 Å². The summed E-state index contributed by atoms with van der Waals surface area (Å²) in [6.45, 7) is 8.78. The molecular weight excluding hydrogens is 248 g/mol. The second kappa shape index (κ2) is 6.95. The van der Waals surface area contributed by atoms with Gasteiger partial charge in [-0.05, 0) is 17.9 Å². The van der Waals surface area contributed by atoms with Crippen molar-refractivity contribution in [2.45, 2.75) is 39.1 Å². The van der Waals surface area contributed by atoms with Crippen LogP contribution in [0, 0.1) is 5.41 Å². The Morgan fingerprint density at radius 2 is 2.11 bits per heavy atom. The van der Waals surface area contributed by atoms with Crippen molar-refractivity contribution >= 4 is 11.6 Å². The maximum absolute atomic E-state index is 11.4. The third-order valence-corrected chi connectivity index (χ3v) is 2.94. The molecule has 0 amide bonds. The van der Waals surface area contributed by atoms with Gasteiger partial charge >= 0.3 is 0 Å². The van der Waals surface area contributed by atoms with E-state index >= 15 is 0 Å². The van der Waals surface area contributed by atoms with Gasteiger partial charge in [0, 0.05) is 37.3 Å². The highest BCUT2D eigenvalue weighted by molar-refractivity contribution is 6.20. The highest BCUT2D eigenvalue weighted by atomic mass is 35.5. The van der Waals surface area contributed by atoms with Gasteiger partial charge in [-0.25, -0.2) is 0 Å². The smallest absolute Gasteiger partial charge is 0.250 e. The van der Waals surface area contributed by atoms with Crippen LogP contribution in [0.25, 0.3) is 0 Å². The summed E-state index contributed by atoms with van der Waals surface area (Å²) < 4.78 is 1.69. The number of alkyl halides is 1. The van der Waals surface area contributed by atoms with Crippen LogP contribution in [-0.2, 0) is 6.54 Å². The van der Waals surface area contributed by atoms with Crippen LogP contribution in [0.5, 0.6) is 0 Å². The summed E-state index contributed by atoms with van der Waals surface area (Å²) in [7, 11) is 0. The maximum Gasteiger partial charge on any atom is 0.250 e. The predicted octanol–water partition coefficient (Wildman–Crippen LogP) is 2.48. The van der Waals surface area contributed by atoms with Crippen LogP contribution >= 0.6 is 11.6 Å². The van der Waals surface area contributed by atoms with Crippen molar-refractivity contribution in [1.82, 2.24) is 9.88 Å². The van der Waals surface area contributed by atoms with Gasteiger partial charge < -0.3 is 9.88 Å². The SMILES string of the molecule is CC(C)(C)CC(Cl)CNCCn1ccccc1=O. The first kappa shape index (κ1) is 15.3. The van der Waals surface area contributed by atoms with Gasteiger partial charge in [0.15, 0.2) is 0 Å². The molecule has 0 aromatic carbocycles. The van der Waals surface area contributed by atoms with E-state index in [4.69, 9.17) is 11.6 Å². The molecule has 0 fully saturated rings. The lowest BCUT2D eigenvalue weighted by Crippen LogP contribution is -2.31. The molecule has 0 bridgehead atoms. The summed E-state index contributed by atoms with van der Waals surface area (Å²) in [5.74, 6) is 0. The quantitative estimate of drug-likeness (QED) is 0.637. The molecule has 3 nitrogen and oxygen atoms in total. The molecule has 4 heteroatoms. The average Bonchev–Trinajstić information content (AvgIpc) is 2.24. The van der Waals surface area contributed by atoms with Crippen molar-refractivity contribution in [1.29, 1.82) is 0 Å². The number of rotatable bonds is 6. The highest BCUT2D eigenvalue weighted by Crippen LogP contribution is 2.22. The summed E-state index contributed by atoms with van der Waals surface area (Å²) in [4.78, 5) is 11.4. The number of pyridine rings is 1. The fourth-order valence-electron chi connectivity index (χ4n) is 1.84. The van der Waals surface area contributed by atoms with E-state index in [-0.39, 0.29) is 16.4 Å². The zero-order valence-corrected chi connectivity index (χ0v) is 12.2. The zero-order valence-electron chi connectivity index (χ0n) is 11.4. The molecule has 1 atom stereocenters. The van der Waals surface area contributed by atoms with Crippen LogP contribution in [0.15, 0.2) is 29.2 Å². The molecular formula is C14H23ClN2O. The first-order chi connectivity index (χ1) is 8.38. The van der Waals surface area contributed by atoms with Crippen molar-refractivity contribution in [3.63, 3.8) is 0 Å². The van der Waals surface area contributed by atoms with Crippen molar-refractivity contribution in [3.8, 4) is 0 Å². The first-order valence-electron chi connectivity index (χ1n) is 6.39. The van der Waals surface area contributed by atoms with E-state index in [1.54, 1.807) is 22.9 Å². The Kier molecular flexibility index (Phi) is 5.89. The maximum atomic E-state index is 11.4. The van der Waals surface area contributed by atoms with Gasteiger partial charge in [0.25, 0.3) is 5.56 Å². The Morgan fingerprint density at radius 1 is 1.39 bits per heavy atom. The number of nitrogens with one attached hydrogen (secondary N) is 1. The molecule has 1 heterocycles. The van der Waals surface area contributed by atoms with Gasteiger partial charge in [0.1, 0.15) is 0 Å². The number of hydrogen-bond donors (Lipinski definition) is 1. The van der Waals surface area contributed by atoms with Crippen molar-refractivity contribution < 1.29 is 0 Å². The van der Waals surface area contributed by atoms with Crippen LogP contribution in [0.2, 0.25) is 0 Å². The molecule has 0 saturated carbocycles. The van der Waals surface area contributed by atoms with Gasteiger partial charge in [-0.3, -0.25) is 4.79 Å². The highest BCUT2D eigenvalue weighted by Gasteiger charge is 2.16. The van der Waals surface area contributed by atoms with Gasteiger partial charge in [-0.1, -0.05) is 26.8 Å². The van der Waals surface area contributed by atoms with Crippen molar-refractivity contribution in [2.24, 2.45) is 5.41 Å². The average molecular weight is 271 g/mol. The lowest BCUT2D eigenvalue weighted by molar-refractivity contribution is 0.364. The largest absolute Gasteiger partial charge is 0.314 e. The number of halogens is 1. The monoisotopic (exact) mass is 270 g/mol. The van der Waals surface area contributed by atoms with Gasteiger partial charge in [-0.15, -0.1) is 11.6 Å². The molecule has 0 spiro atoms. The molecule has 1 unspecified atom stereocenters. The number of hydrogen-bond acceptors (Lipinski definition) is 2. The second-order valence-electron chi connectivity index (χ2n) is 5.80. The molecule has 0 aliphatic carbocycles. The Balaban J connectivity index is 2.23. The minimum atomic E-state index is 0.0383. The van der Waals surface area contributed by atoms with E-state index in [1.165, 1.54) is 0 Å². The van der Waals surface area contributed by atoms with E-state index in [0.717, 1.165) is 19.5 Å². The van der Waals surface area contributed by atoms with Crippen molar-refractivity contribution in [2.75, 3.05) is 13.1 Å². The summed E-state index contributed by atoms with van der Waals surface area (Å²) >= 11 is 6.25. The van der Waals surface area contributed by atoms with Gasteiger partial charge in [0.2, 0.25) is 0 Å². The Hall–Kier alpha value is -0.800. The van der Waals surface area contributed by atoms with Crippen LogP contribution in [0.4, 0.5) is 0 Å². The minimum absolute atomic E-state index is 0.0383. The molecule has 18 heavy (non-hydrogen) atoms. The van der Waals surface area contributed by atoms with E-state index in [2.05, 4.69) is 26.1 Å². The second-order valence-corrected chi connectivity index (χ2v) is 6.42. The van der Waals surface area contributed by atoms with Crippen molar-refractivity contribution in [3.05, 3.63) is 34.7 Å². The normalized spacial score (nSPS) is 13.6. The summed E-state index contributed by atoms with van der Waals surface area (Å²) in [6.07, 6.45) is 2.78. The lowest BCUT2D eigenvalue weighted by atomic mass is 9.90. The van der Waals surface area contributed by atoms with Crippen LogP contribution in [0.3, 0.4) is 0 Å². The summed E-state index contributed by atoms with van der Waals surface area (Å²) in [5.41, 5.74) is 0.293. The third-order valence-electron chi connectivity index (χ3n) is 2.63. The molecule has 0 aliphatic heterocycles. The molecule has 102 valence electrons. The fraction of sp³-hybridized carbons (Fsp3) is 0.643. The Bertz CT molecular complexity index is 409. The van der Waals surface area contributed by atoms with Crippen LogP contribution in [-0.4, -0.2) is 23.0 Å². The molecule has 1 rings (SSSR count). The molecule has 0 aliphatic rings. The van der Waals surface area contributed by atoms with Crippen LogP contribution < -0.4 is 10.9 Å². The molecule has 1 N–H and O–H groups in total. The fourth-order valence-corrected chi connectivity index (χ4v) is 2.41. The lowest BCUT2D eigenvalue weighted by Gasteiger charge is -2.22. The molecule has 1 aromatic rings. The Labute approximate surface area is 114 Å². The van der Waals surface area contributed by atoms with Gasteiger partial charge in [0.05, 0.1) is 0 Å². The first-order valence-corrected chi connectivity index (χ1v) is 6.82. The molecule has 0 radical (unpaired) electrons. The Morgan fingerprint density at radius 3 is 2.72 bits per heavy atom. The topological polar surface area (TPSA) is 34.0 Å². The zero-order chi connectivity index (χ0) is 13.6. The van der Waals surface area contributed by atoms with E-state index in [9.17, 15) is 4.79 Å². The molecule has 0 saturated heterocycles. The summed E-state index contributed by atoms with van der Waals surface area (Å²) in [5, 5.41) is 3.43. The molecule has 1 aromatic heterocycles. The minimum Gasteiger partial charge on any atom is -0.314 e. The van der Waals surface area contributed by atoms with E-state index < -0.39 is 0 Å². The number of nitrogens with zero attached hydrogens (tertiary/aromatic N) is 1. The van der Waals surface area contributed by atoms with E-state index in [0.29, 0.717) is 6.54 Å². The number of aromatic nitrogens is 1.